The van der Waals surface area contributed by atoms with Gasteiger partial charge in [-0.15, -0.1) is 0 Å². The van der Waals surface area contributed by atoms with Crippen LogP contribution in [0.1, 0.15) is 58.3 Å². The summed E-state index contributed by atoms with van der Waals surface area (Å²) in [6.45, 7) is 5.78. The monoisotopic (exact) mass is 401 g/mol. The molecular formula is C26H31N3O. The third-order valence-corrected chi connectivity index (χ3v) is 6.94. The van der Waals surface area contributed by atoms with E-state index in [-0.39, 0.29) is 5.91 Å². The summed E-state index contributed by atoms with van der Waals surface area (Å²) in [4.78, 5) is 20.9. The highest BCUT2D eigenvalue weighted by Crippen LogP contribution is 2.31. The van der Waals surface area contributed by atoms with Crippen molar-refractivity contribution in [3.8, 4) is 0 Å². The summed E-state index contributed by atoms with van der Waals surface area (Å²) in [5, 5.41) is 0. The Kier molecular flexibility index (Phi) is 5.67. The van der Waals surface area contributed by atoms with Gasteiger partial charge in [-0.25, -0.2) is 4.99 Å². The van der Waals surface area contributed by atoms with Crippen LogP contribution in [0.2, 0.25) is 0 Å². The number of nitrogens with zero attached hydrogens (tertiary/aromatic N) is 3. The number of anilines is 1. The molecule has 0 radical (unpaired) electrons. The summed E-state index contributed by atoms with van der Waals surface area (Å²) in [6, 6.07) is 13.1. The Morgan fingerprint density at radius 2 is 1.80 bits per heavy atom. The lowest BCUT2D eigenvalue weighted by Crippen LogP contribution is -2.47. The molecule has 4 heteroatoms. The maximum absolute atomic E-state index is 11.8. The van der Waals surface area contributed by atoms with E-state index in [0.717, 1.165) is 43.7 Å². The summed E-state index contributed by atoms with van der Waals surface area (Å²) in [7, 11) is 0. The number of aryl methyl sites for hydroxylation is 2. The van der Waals surface area contributed by atoms with Crippen LogP contribution in [0, 0.1) is 0 Å². The number of benzene rings is 2. The zero-order valence-electron chi connectivity index (χ0n) is 17.8. The number of carbonyl (C=O) groups is 1. The highest BCUT2D eigenvalue weighted by Gasteiger charge is 2.21. The Balaban J connectivity index is 1.08. The van der Waals surface area contributed by atoms with Gasteiger partial charge >= 0.3 is 0 Å². The third-order valence-electron chi connectivity index (χ3n) is 6.94. The zero-order valence-corrected chi connectivity index (χ0v) is 17.8. The van der Waals surface area contributed by atoms with Crippen molar-refractivity contribution in [2.45, 2.75) is 44.9 Å². The first-order valence-corrected chi connectivity index (χ1v) is 11.6. The highest BCUT2D eigenvalue weighted by atomic mass is 16.1. The van der Waals surface area contributed by atoms with Crippen LogP contribution < -0.4 is 4.90 Å². The molecule has 5 rings (SSSR count). The van der Waals surface area contributed by atoms with Gasteiger partial charge in [0.2, 0.25) is 0 Å². The molecule has 2 heterocycles. The molecule has 1 fully saturated rings. The first-order chi connectivity index (χ1) is 14.8. The SMILES string of the molecule is O=C1N=Cc2ccc(CCCCN3CCN(c4cccc5c4CCCC5)CC3)cc21. The van der Waals surface area contributed by atoms with Crippen molar-refractivity contribution >= 4 is 17.8 Å². The molecule has 0 bridgehead atoms. The van der Waals surface area contributed by atoms with Crippen LogP contribution in [0.4, 0.5) is 5.69 Å². The lowest BCUT2D eigenvalue weighted by molar-refractivity contribution is 0.101. The third kappa shape index (κ3) is 4.06. The quantitative estimate of drug-likeness (QED) is 0.678. The average Bonchev–Trinajstić information content (AvgIpc) is 3.17. The molecule has 4 nitrogen and oxygen atoms in total. The van der Waals surface area contributed by atoms with Crippen molar-refractivity contribution in [2.75, 3.05) is 37.6 Å². The number of hydrogen-bond donors (Lipinski definition) is 0. The standard InChI is InChI=1S/C26H31N3O/c30-26-24-18-20(11-12-22(24)19-27-26)6-3-4-13-28-14-16-29(17-15-28)25-10-5-8-21-7-1-2-9-23(21)25/h5,8,10-12,18-19H,1-4,6-7,9,13-17H2. The zero-order chi connectivity index (χ0) is 20.3. The molecule has 156 valence electrons. The van der Waals surface area contributed by atoms with E-state index in [4.69, 9.17) is 0 Å². The molecule has 2 aromatic rings. The molecule has 0 aromatic heterocycles. The molecule has 0 spiro atoms. The molecule has 3 aliphatic rings. The summed E-state index contributed by atoms with van der Waals surface area (Å²) in [5.74, 6) is -0.0931. The number of carbonyl (C=O) groups excluding carboxylic acids is 1. The van der Waals surface area contributed by atoms with Gasteiger partial charge in [0.25, 0.3) is 5.91 Å². The van der Waals surface area contributed by atoms with Crippen molar-refractivity contribution in [3.05, 3.63) is 64.2 Å². The topological polar surface area (TPSA) is 35.9 Å². The maximum atomic E-state index is 11.8. The normalized spacial score (nSPS) is 18.5. The van der Waals surface area contributed by atoms with Crippen LogP contribution >= 0.6 is 0 Å². The van der Waals surface area contributed by atoms with Crippen molar-refractivity contribution < 1.29 is 4.79 Å². The van der Waals surface area contributed by atoms with E-state index in [0.29, 0.717) is 0 Å². The molecule has 30 heavy (non-hydrogen) atoms. The Hall–Kier alpha value is -2.46. The molecule has 0 atom stereocenters. The second-order valence-corrected chi connectivity index (χ2v) is 8.89. The van der Waals surface area contributed by atoms with Gasteiger partial charge in [-0.3, -0.25) is 9.69 Å². The van der Waals surface area contributed by atoms with Gasteiger partial charge in [-0.1, -0.05) is 24.3 Å². The molecular weight excluding hydrogens is 370 g/mol. The molecule has 2 aliphatic heterocycles. The Bertz CT molecular complexity index is 957. The predicted molar refractivity (Wildman–Crippen MR) is 123 cm³/mol. The van der Waals surface area contributed by atoms with E-state index in [1.54, 1.807) is 17.3 Å². The fourth-order valence-electron chi connectivity index (χ4n) is 5.19. The van der Waals surface area contributed by atoms with Gasteiger partial charge < -0.3 is 4.90 Å². The fourth-order valence-corrected chi connectivity index (χ4v) is 5.19. The number of rotatable bonds is 6. The van der Waals surface area contributed by atoms with E-state index in [1.807, 2.05) is 12.1 Å². The molecule has 1 saturated heterocycles. The number of piperazine rings is 1. The van der Waals surface area contributed by atoms with Gasteiger partial charge in [-0.05, 0) is 80.3 Å². The van der Waals surface area contributed by atoms with Crippen LogP contribution in [-0.4, -0.2) is 49.7 Å². The molecule has 0 saturated carbocycles. The summed E-state index contributed by atoms with van der Waals surface area (Å²) < 4.78 is 0. The fraction of sp³-hybridized carbons (Fsp3) is 0.462. The van der Waals surface area contributed by atoms with E-state index in [1.165, 1.54) is 56.3 Å². The molecule has 1 aliphatic carbocycles. The highest BCUT2D eigenvalue weighted by molar-refractivity contribution is 6.12. The lowest BCUT2D eigenvalue weighted by Gasteiger charge is -2.38. The average molecular weight is 402 g/mol. The maximum Gasteiger partial charge on any atom is 0.277 e. The predicted octanol–water partition coefficient (Wildman–Crippen LogP) is 4.28. The summed E-state index contributed by atoms with van der Waals surface area (Å²) in [6.07, 6.45) is 10.3. The van der Waals surface area contributed by atoms with Gasteiger partial charge in [0.05, 0.1) is 5.56 Å². The molecule has 0 N–H and O–H groups in total. The smallest absolute Gasteiger partial charge is 0.277 e. The van der Waals surface area contributed by atoms with Crippen LogP contribution in [0.5, 0.6) is 0 Å². The Morgan fingerprint density at radius 3 is 2.70 bits per heavy atom. The minimum Gasteiger partial charge on any atom is -0.369 e. The molecule has 0 unspecified atom stereocenters. The first-order valence-electron chi connectivity index (χ1n) is 11.6. The number of amides is 1. The number of unbranched alkanes of at least 4 members (excludes halogenated alkanes) is 1. The van der Waals surface area contributed by atoms with E-state index in [2.05, 4.69) is 39.1 Å². The summed E-state index contributed by atoms with van der Waals surface area (Å²) >= 11 is 0. The largest absolute Gasteiger partial charge is 0.369 e. The number of aliphatic imine (C=N–C) groups is 1. The van der Waals surface area contributed by atoms with Gasteiger partial charge in [0, 0.05) is 43.6 Å². The first kappa shape index (κ1) is 19.5. The van der Waals surface area contributed by atoms with E-state index < -0.39 is 0 Å². The molecule has 1 amide bonds. The Morgan fingerprint density at radius 1 is 0.933 bits per heavy atom. The summed E-state index contributed by atoms with van der Waals surface area (Å²) in [5.41, 5.74) is 7.69. The number of hydrogen-bond acceptors (Lipinski definition) is 3. The van der Waals surface area contributed by atoms with Gasteiger partial charge in [0.15, 0.2) is 0 Å². The van der Waals surface area contributed by atoms with E-state index in [9.17, 15) is 4.79 Å². The minimum absolute atomic E-state index is 0.0931. The van der Waals surface area contributed by atoms with Crippen LogP contribution in [0.25, 0.3) is 0 Å². The van der Waals surface area contributed by atoms with Crippen LogP contribution in [0.3, 0.4) is 0 Å². The van der Waals surface area contributed by atoms with Crippen LogP contribution in [-0.2, 0) is 19.3 Å². The van der Waals surface area contributed by atoms with Crippen molar-refractivity contribution in [1.29, 1.82) is 0 Å². The second-order valence-electron chi connectivity index (χ2n) is 8.89. The van der Waals surface area contributed by atoms with Gasteiger partial charge in [0.1, 0.15) is 0 Å². The Labute approximate surface area is 179 Å². The minimum atomic E-state index is -0.0931. The van der Waals surface area contributed by atoms with E-state index >= 15 is 0 Å². The van der Waals surface area contributed by atoms with Crippen molar-refractivity contribution in [3.63, 3.8) is 0 Å². The molecule has 2 aromatic carbocycles. The lowest BCUT2D eigenvalue weighted by atomic mass is 9.90. The number of fused-ring (bicyclic) bond motifs is 2. The van der Waals surface area contributed by atoms with Crippen molar-refractivity contribution in [1.82, 2.24) is 4.90 Å². The second kappa shape index (κ2) is 8.73. The van der Waals surface area contributed by atoms with Crippen LogP contribution in [0.15, 0.2) is 41.4 Å². The van der Waals surface area contributed by atoms with Gasteiger partial charge in [-0.2, -0.15) is 0 Å². The van der Waals surface area contributed by atoms with Crippen molar-refractivity contribution in [2.24, 2.45) is 4.99 Å².